The molecule has 0 saturated carbocycles. The lowest BCUT2D eigenvalue weighted by Gasteiger charge is -2.35. The Balaban J connectivity index is 1.35. The summed E-state index contributed by atoms with van der Waals surface area (Å²) in [7, 11) is 0. The number of imide groups is 1. The normalized spacial score (nSPS) is 20.6. The molecule has 29 heavy (non-hydrogen) atoms. The molecule has 2 aliphatic heterocycles. The minimum atomic E-state index is -0.278. The molecule has 5 nitrogen and oxygen atoms in total. The van der Waals surface area contributed by atoms with Crippen LogP contribution in [0.3, 0.4) is 0 Å². The molecule has 0 bridgehead atoms. The Morgan fingerprint density at radius 3 is 2.28 bits per heavy atom. The van der Waals surface area contributed by atoms with Gasteiger partial charge in [0.1, 0.15) is 0 Å². The predicted molar refractivity (Wildman–Crippen MR) is 114 cm³/mol. The van der Waals surface area contributed by atoms with Crippen molar-refractivity contribution in [1.82, 2.24) is 0 Å². The largest absolute Gasteiger partial charge is 0.360 e. The predicted octanol–water partition coefficient (Wildman–Crippen LogP) is 1.88. The topological polar surface area (TPSA) is 45.1 Å². The molecule has 1 atom stereocenters. The van der Waals surface area contributed by atoms with Crippen molar-refractivity contribution in [2.45, 2.75) is 12.5 Å². The summed E-state index contributed by atoms with van der Waals surface area (Å²) in [6.07, 6.45) is 0.294. The first-order valence-electron chi connectivity index (χ1n) is 10.2. The van der Waals surface area contributed by atoms with Gasteiger partial charge in [-0.3, -0.25) is 9.59 Å². The molecule has 146 valence electrons. The van der Waals surface area contributed by atoms with E-state index in [-0.39, 0.29) is 17.9 Å². The number of rotatable bonds is 3. The van der Waals surface area contributed by atoms with Gasteiger partial charge in [0.25, 0.3) is 5.91 Å². The van der Waals surface area contributed by atoms with Crippen LogP contribution in [-0.2, 0) is 9.59 Å². The number of hydrogen-bond acceptors (Lipinski definition) is 3. The van der Waals surface area contributed by atoms with Crippen LogP contribution in [0, 0.1) is 0 Å². The molecule has 2 saturated heterocycles. The molecular weight excluding hydrogens is 362 g/mol. The number of fused-ring (bicyclic) bond motifs is 1. The number of carbonyl (C=O) groups excluding carboxylic acids is 2. The Morgan fingerprint density at radius 1 is 0.793 bits per heavy atom. The minimum Gasteiger partial charge on any atom is -0.360 e. The van der Waals surface area contributed by atoms with E-state index in [1.807, 2.05) is 48.5 Å². The van der Waals surface area contributed by atoms with Gasteiger partial charge in [-0.05, 0) is 23.6 Å². The van der Waals surface area contributed by atoms with Crippen molar-refractivity contribution in [2.24, 2.45) is 0 Å². The van der Waals surface area contributed by atoms with E-state index >= 15 is 0 Å². The Labute approximate surface area is 170 Å². The zero-order chi connectivity index (χ0) is 19.8. The molecular formula is C24H24N3O2+. The van der Waals surface area contributed by atoms with E-state index in [1.54, 1.807) is 0 Å². The van der Waals surface area contributed by atoms with Crippen molar-refractivity contribution in [2.75, 3.05) is 36.0 Å². The summed E-state index contributed by atoms with van der Waals surface area (Å²) < 4.78 is 0. The first-order chi connectivity index (χ1) is 14.2. The third-order valence-electron chi connectivity index (χ3n) is 6.17. The number of anilines is 2. The van der Waals surface area contributed by atoms with Crippen LogP contribution < -0.4 is 14.7 Å². The molecule has 1 N–H and O–H groups in total. The Kier molecular flexibility index (Phi) is 4.52. The SMILES string of the molecule is O=C1C[C@@H]([NH+]2CCN(c3ccccc3)CC2)C(=O)N1c1cccc2ccccc12. The van der Waals surface area contributed by atoms with E-state index in [0.29, 0.717) is 12.1 Å². The Hall–Kier alpha value is -3.18. The maximum Gasteiger partial charge on any atom is 0.292 e. The molecule has 2 amide bonds. The first kappa shape index (κ1) is 17.9. The van der Waals surface area contributed by atoms with Crippen molar-refractivity contribution in [1.29, 1.82) is 0 Å². The molecule has 0 aliphatic carbocycles. The monoisotopic (exact) mass is 386 g/mol. The number of para-hydroxylation sites is 1. The number of carbonyl (C=O) groups is 2. The first-order valence-corrected chi connectivity index (χ1v) is 10.2. The van der Waals surface area contributed by atoms with E-state index < -0.39 is 0 Å². The lowest BCUT2D eigenvalue weighted by atomic mass is 10.1. The number of quaternary nitrogens is 1. The van der Waals surface area contributed by atoms with Gasteiger partial charge in [-0.2, -0.15) is 0 Å². The summed E-state index contributed by atoms with van der Waals surface area (Å²) in [5.74, 6) is -0.149. The summed E-state index contributed by atoms with van der Waals surface area (Å²) in [4.78, 5) is 31.1. The smallest absolute Gasteiger partial charge is 0.292 e. The zero-order valence-corrected chi connectivity index (χ0v) is 16.3. The van der Waals surface area contributed by atoms with E-state index in [4.69, 9.17) is 0 Å². The number of hydrogen-bond donors (Lipinski definition) is 1. The highest BCUT2D eigenvalue weighted by molar-refractivity contribution is 6.24. The third kappa shape index (κ3) is 3.17. The van der Waals surface area contributed by atoms with Crippen LogP contribution in [0.5, 0.6) is 0 Å². The molecule has 0 radical (unpaired) electrons. The van der Waals surface area contributed by atoms with Gasteiger partial charge in [0.05, 0.1) is 38.3 Å². The van der Waals surface area contributed by atoms with E-state index in [2.05, 4.69) is 29.2 Å². The molecule has 3 aromatic rings. The fourth-order valence-electron chi connectivity index (χ4n) is 4.65. The van der Waals surface area contributed by atoms with Gasteiger partial charge < -0.3 is 9.80 Å². The number of nitrogens with zero attached hydrogens (tertiary/aromatic N) is 2. The summed E-state index contributed by atoms with van der Waals surface area (Å²) in [5, 5.41) is 1.99. The quantitative estimate of drug-likeness (QED) is 0.699. The average Bonchev–Trinajstić information content (AvgIpc) is 3.08. The molecule has 0 spiro atoms. The van der Waals surface area contributed by atoms with Gasteiger partial charge in [0, 0.05) is 11.1 Å². The fourth-order valence-corrected chi connectivity index (χ4v) is 4.65. The molecule has 3 aromatic carbocycles. The van der Waals surface area contributed by atoms with Gasteiger partial charge in [-0.1, -0.05) is 54.6 Å². The maximum atomic E-state index is 13.3. The second-order valence-corrected chi connectivity index (χ2v) is 7.80. The van der Waals surface area contributed by atoms with Gasteiger partial charge in [-0.25, -0.2) is 4.90 Å². The van der Waals surface area contributed by atoms with Crippen molar-refractivity contribution in [3.63, 3.8) is 0 Å². The molecule has 5 heteroatoms. The number of amides is 2. The molecule has 2 aliphatic rings. The standard InChI is InChI=1S/C24H23N3O2/c28-23-17-22(26-15-13-25(14-16-26)19-9-2-1-3-10-19)24(29)27(23)21-12-6-8-18-7-4-5-11-20(18)21/h1-12,22H,13-17H2/p+1/t22-/m1/s1. The lowest BCUT2D eigenvalue weighted by molar-refractivity contribution is -0.915. The van der Waals surface area contributed by atoms with Crippen molar-refractivity contribution < 1.29 is 14.5 Å². The maximum absolute atomic E-state index is 13.3. The highest BCUT2D eigenvalue weighted by Crippen LogP contribution is 2.30. The van der Waals surface area contributed by atoms with Gasteiger partial charge in [-0.15, -0.1) is 0 Å². The highest BCUT2D eigenvalue weighted by atomic mass is 16.2. The number of benzene rings is 3. The number of piperazine rings is 1. The molecule has 0 aromatic heterocycles. The summed E-state index contributed by atoms with van der Waals surface area (Å²) in [6.45, 7) is 3.51. The number of nitrogens with one attached hydrogen (secondary N) is 1. The van der Waals surface area contributed by atoms with Crippen LogP contribution in [0.25, 0.3) is 10.8 Å². The van der Waals surface area contributed by atoms with E-state index in [0.717, 1.165) is 37.0 Å². The average molecular weight is 386 g/mol. The molecule has 2 heterocycles. The molecule has 5 rings (SSSR count). The van der Waals surface area contributed by atoms with Crippen molar-refractivity contribution >= 4 is 34.0 Å². The van der Waals surface area contributed by atoms with Crippen molar-refractivity contribution in [3.05, 3.63) is 72.8 Å². The summed E-state index contributed by atoms with van der Waals surface area (Å²) in [5.41, 5.74) is 1.93. The van der Waals surface area contributed by atoms with Crippen LogP contribution in [0.2, 0.25) is 0 Å². The van der Waals surface area contributed by atoms with Crippen LogP contribution in [-0.4, -0.2) is 44.0 Å². The van der Waals surface area contributed by atoms with Crippen molar-refractivity contribution in [3.8, 4) is 0 Å². The lowest BCUT2D eigenvalue weighted by Crippen LogP contribution is -3.19. The minimum absolute atomic E-state index is 0.0606. The molecule has 0 unspecified atom stereocenters. The second kappa shape index (κ2) is 7.33. The summed E-state index contributed by atoms with van der Waals surface area (Å²) >= 11 is 0. The van der Waals surface area contributed by atoms with Gasteiger partial charge >= 0.3 is 0 Å². The van der Waals surface area contributed by atoms with Gasteiger partial charge in [0.15, 0.2) is 6.04 Å². The second-order valence-electron chi connectivity index (χ2n) is 7.80. The van der Waals surface area contributed by atoms with Crippen LogP contribution in [0.1, 0.15) is 6.42 Å². The Morgan fingerprint density at radius 2 is 1.48 bits per heavy atom. The van der Waals surface area contributed by atoms with E-state index in [1.165, 1.54) is 15.5 Å². The fraction of sp³-hybridized carbons (Fsp3) is 0.250. The van der Waals surface area contributed by atoms with Crippen LogP contribution >= 0.6 is 0 Å². The zero-order valence-electron chi connectivity index (χ0n) is 16.3. The molecule has 2 fully saturated rings. The van der Waals surface area contributed by atoms with Crippen LogP contribution in [0.15, 0.2) is 72.8 Å². The Bertz CT molecular complexity index is 1050. The summed E-state index contributed by atoms with van der Waals surface area (Å²) in [6, 6.07) is 23.8. The van der Waals surface area contributed by atoms with Gasteiger partial charge in [0.2, 0.25) is 5.91 Å². The van der Waals surface area contributed by atoms with Crippen LogP contribution in [0.4, 0.5) is 11.4 Å². The third-order valence-corrected chi connectivity index (χ3v) is 6.17. The highest BCUT2D eigenvalue weighted by Gasteiger charge is 2.46. The van der Waals surface area contributed by atoms with E-state index in [9.17, 15) is 9.59 Å².